The van der Waals surface area contributed by atoms with Crippen LogP contribution in [0.2, 0.25) is 0 Å². The summed E-state index contributed by atoms with van der Waals surface area (Å²) in [6, 6.07) is 17.2. The van der Waals surface area contributed by atoms with Gasteiger partial charge in [0, 0.05) is 17.7 Å². The Hall–Kier alpha value is -1.88. The van der Waals surface area contributed by atoms with Gasteiger partial charge in [-0.15, -0.1) is 12.4 Å². The normalized spacial score (nSPS) is 13.8. The van der Waals surface area contributed by atoms with E-state index in [-0.39, 0.29) is 17.9 Å². The Morgan fingerprint density at radius 1 is 0.929 bits per heavy atom. The molecule has 0 fully saturated rings. The van der Waals surface area contributed by atoms with E-state index in [4.69, 9.17) is 4.84 Å². The standard InChI is InChI=1S/C23H30N2O.ClH.H2O/c1-25(2)16-9-17-26-24-23(20-11-6-4-7-12-20)22-15-14-19-10-5-3-8-13-21(19)18-22;;/h4,6-7,11-12,14-15,18H,3,5,8-10,13,16-17H2,1-2H3;1H;1H2/b24-23+;;. The van der Waals surface area contributed by atoms with E-state index in [0.29, 0.717) is 6.61 Å². The van der Waals surface area contributed by atoms with Crippen molar-refractivity contribution in [1.82, 2.24) is 4.90 Å². The number of aryl methyl sites for hydroxylation is 2. The van der Waals surface area contributed by atoms with Crippen LogP contribution in [0.5, 0.6) is 0 Å². The van der Waals surface area contributed by atoms with Crippen LogP contribution in [0.15, 0.2) is 53.7 Å². The molecule has 0 saturated carbocycles. The van der Waals surface area contributed by atoms with Crippen molar-refractivity contribution in [3.63, 3.8) is 0 Å². The Labute approximate surface area is 175 Å². The highest BCUT2D eigenvalue weighted by Gasteiger charge is 2.13. The summed E-state index contributed by atoms with van der Waals surface area (Å²) in [6.07, 6.45) is 7.28. The van der Waals surface area contributed by atoms with Gasteiger partial charge in [-0.05, 0) is 63.4 Å². The van der Waals surface area contributed by atoms with Crippen molar-refractivity contribution >= 4 is 18.1 Å². The van der Waals surface area contributed by atoms with Gasteiger partial charge in [-0.1, -0.05) is 54.0 Å². The van der Waals surface area contributed by atoms with Gasteiger partial charge in [0.05, 0.1) is 0 Å². The molecule has 2 N–H and O–H groups in total. The summed E-state index contributed by atoms with van der Waals surface area (Å²) < 4.78 is 0. The Morgan fingerprint density at radius 2 is 1.64 bits per heavy atom. The summed E-state index contributed by atoms with van der Waals surface area (Å²) in [5, 5.41) is 4.53. The van der Waals surface area contributed by atoms with Crippen LogP contribution in [0.4, 0.5) is 0 Å². The highest BCUT2D eigenvalue weighted by atomic mass is 35.5. The second-order valence-corrected chi connectivity index (χ2v) is 7.34. The van der Waals surface area contributed by atoms with Gasteiger partial charge in [-0.2, -0.15) is 0 Å². The fourth-order valence-electron chi connectivity index (χ4n) is 3.48. The van der Waals surface area contributed by atoms with Crippen molar-refractivity contribution in [2.45, 2.75) is 38.5 Å². The van der Waals surface area contributed by atoms with Crippen molar-refractivity contribution in [2.75, 3.05) is 27.2 Å². The monoisotopic (exact) mass is 404 g/mol. The molecule has 0 aromatic heterocycles. The third-order valence-corrected chi connectivity index (χ3v) is 4.92. The summed E-state index contributed by atoms with van der Waals surface area (Å²) in [7, 11) is 4.16. The molecular weight excluding hydrogens is 372 g/mol. The lowest BCUT2D eigenvalue weighted by molar-refractivity contribution is 0.135. The fourth-order valence-corrected chi connectivity index (χ4v) is 3.48. The predicted molar refractivity (Wildman–Crippen MR) is 120 cm³/mol. The largest absolute Gasteiger partial charge is 0.412 e. The van der Waals surface area contributed by atoms with Crippen LogP contribution in [0.25, 0.3) is 0 Å². The summed E-state index contributed by atoms with van der Waals surface area (Å²) >= 11 is 0. The smallest absolute Gasteiger partial charge is 0.118 e. The van der Waals surface area contributed by atoms with E-state index in [1.807, 2.05) is 6.07 Å². The molecule has 3 rings (SSSR count). The highest BCUT2D eigenvalue weighted by Crippen LogP contribution is 2.23. The quantitative estimate of drug-likeness (QED) is 0.299. The maximum atomic E-state index is 5.69. The van der Waals surface area contributed by atoms with Crippen molar-refractivity contribution < 1.29 is 10.3 Å². The van der Waals surface area contributed by atoms with Gasteiger partial charge in [0.25, 0.3) is 0 Å². The van der Waals surface area contributed by atoms with E-state index in [2.05, 4.69) is 66.6 Å². The lowest BCUT2D eigenvalue weighted by Crippen LogP contribution is -2.14. The molecular formula is C23H33ClN2O2. The van der Waals surface area contributed by atoms with Crippen LogP contribution in [0, 0.1) is 0 Å². The minimum absolute atomic E-state index is 0. The number of oxime groups is 1. The zero-order valence-corrected chi connectivity index (χ0v) is 17.8. The molecule has 28 heavy (non-hydrogen) atoms. The topological polar surface area (TPSA) is 56.3 Å². The Bertz CT molecular complexity index is 733. The molecule has 0 unspecified atom stereocenters. The van der Waals surface area contributed by atoms with Crippen molar-refractivity contribution in [1.29, 1.82) is 0 Å². The molecule has 2 aromatic rings. The molecule has 0 saturated heterocycles. The van der Waals surface area contributed by atoms with Crippen molar-refractivity contribution in [3.05, 3.63) is 70.8 Å². The average molecular weight is 405 g/mol. The molecule has 0 heterocycles. The summed E-state index contributed by atoms with van der Waals surface area (Å²) in [5.41, 5.74) is 6.18. The van der Waals surface area contributed by atoms with E-state index in [9.17, 15) is 0 Å². The number of hydrogen-bond acceptors (Lipinski definition) is 3. The lowest BCUT2D eigenvalue weighted by atomic mass is 9.95. The van der Waals surface area contributed by atoms with Gasteiger partial charge >= 0.3 is 0 Å². The maximum absolute atomic E-state index is 5.69. The molecule has 5 heteroatoms. The van der Waals surface area contributed by atoms with Crippen LogP contribution in [-0.4, -0.2) is 43.3 Å². The number of rotatable bonds is 7. The first-order chi connectivity index (χ1) is 12.7. The first-order valence-electron chi connectivity index (χ1n) is 9.76. The van der Waals surface area contributed by atoms with E-state index >= 15 is 0 Å². The van der Waals surface area contributed by atoms with E-state index < -0.39 is 0 Å². The molecule has 154 valence electrons. The number of fused-ring (bicyclic) bond motifs is 1. The predicted octanol–water partition coefficient (Wildman–Crippen LogP) is 4.27. The summed E-state index contributed by atoms with van der Waals surface area (Å²) in [5.74, 6) is 0. The number of hydrogen-bond donors (Lipinski definition) is 0. The number of nitrogens with zero attached hydrogens (tertiary/aromatic N) is 2. The van der Waals surface area contributed by atoms with Crippen LogP contribution < -0.4 is 0 Å². The van der Waals surface area contributed by atoms with Crippen molar-refractivity contribution in [3.8, 4) is 0 Å². The van der Waals surface area contributed by atoms with Crippen LogP contribution >= 0.6 is 12.4 Å². The molecule has 0 atom stereocenters. The average Bonchev–Trinajstić information content (AvgIpc) is 2.90. The second kappa shape index (κ2) is 12.6. The van der Waals surface area contributed by atoms with Crippen LogP contribution in [-0.2, 0) is 17.7 Å². The second-order valence-electron chi connectivity index (χ2n) is 7.34. The van der Waals surface area contributed by atoms with Gasteiger partial charge in [-0.3, -0.25) is 0 Å². The van der Waals surface area contributed by atoms with E-state index in [0.717, 1.165) is 29.8 Å². The van der Waals surface area contributed by atoms with Crippen LogP contribution in [0.3, 0.4) is 0 Å². The molecule has 4 nitrogen and oxygen atoms in total. The van der Waals surface area contributed by atoms with Gasteiger partial charge in [0.2, 0.25) is 0 Å². The van der Waals surface area contributed by atoms with Gasteiger partial charge in [-0.25, -0.2) is 0 Å². The first kappa shape index (κ1) is 24.2. The van der Waals surface area contributed by atoms with E-state index in [1.54, 1.807) is 0 Å². The summed E-state index contributed by atoms with van der Waals surface area (Å²) in [4.78, 5) is 7.85. The highest BCUT2D eigenvalue weighted by molar-refractivity contribution is 6.12. The lowest BCUT2D eigenvalue weighted by Gasteiger charge is -2.12. The van der Waals surface area contributed by atoms with Gasteiger partial charge < -0.3 is 15.2 Å². The number of halogens is 1. The summed E-state index contributed by atoms with van der Waals surface area (Å²) in [6.45, 7) is 1.65. The SMILES string of the molecule is CN(C)CCCO/N=C(\c1ccccc1)c1ccc2c(c1)CCCCC2.Cl.O. The minimum atomic E-state index is 0. The molecule has 0 radical (unpaired) electrons. The minimum Gasteiger partial charge on any atom is -0.412 e. The first-order valence-corrected chi connectivity index (χ1v) is 9.76. The zero-order chi connectivity index (χ0) is 18.2. The zero-order valence-electron chi connectivity index (χ0n) is 17.0. The molecule has 2 aromatic carbocycles. The molecule has 1 aliphatic carbocycles. The van der Waals surface area contributed by atoms with Crippen molar-refractivity contribution in [2.24, 2.45) is 5.16 Å². The van der Waals surface area contributed by atoms with Gasteiger partial charge in [0.1, 0.15) is 12.3 Å². The number of benzene rings is 2. The molecule has 0 bridgehead atoms. The molecule has 1 aliphatic rings. The van der Waals surface area contributed by atoms with Gasteiger partial charge in [0.15, 0.2) is 0 Å². The Kier molecular flexibility index (Phi) is 10.8. The third-order valence-electron chi connectivity index (χ3n) is 4.92. The Balaban J connectivity index is 0.00000196. The van der Waals surface area contributed by atoms with E-state index in [1.165, 1.54) is 43.2 Å². The molecule has 0 amide bonds. The fraction of sp³-hybridized carbons (Fsp3) is 0.435. The Morgan fingerprint density at radius 3 is 2.36 bits per heavy atom. The third kappa shape index (κ3) is 6.93. The molecule has 0 aliphatic heterocycles. The van der Waals surface area contributed by atoms with Crippen LogP contribution in [0.1, 0.15) is 47.9 Å². The molecule has 0 spiro atoms. The maximum Gasteiger partial charge on any atom is 0.118 e.